The van der Waals surface area contributed by atoms with E-state index < -0.39 is 0 Å². The third-order valence-corrected chi connectivity index (χ3v) is 10.4. The van der Waals surface area contributed by atoms with Crippen LogP contribution in [0.2, 0.25) is 0 Å². The van der Waals surface area contributed by atoms with Crippen molar-refractivity contribution in [2.24, 2.45) is 0 Å². The van der Waals surface area contributed by atoms with Crippen LogP contribution < -0.4 is 0 Å². The van der Waals surface area contributed by atoms with Crippen molar-refractivity contribution in [1.29, 1.82) is 5.26 Å². The lowest BCUT2D eigenvalue weighted by Crippen LogP contribution is -1.96. The summed E-state index contributed by atoms with van der Waals surface area (Å²) in [5, 5.41) is 14.5. The quantitative estimate of drug-likeness (QED) is 0.181. The van der Waals surface area contributed by atoms with E-state index in [1.807, 2.05) is 18.2 Å². The van der Waals surface area contributed by atoms with E-state index in [4.69, 9.17) is 0 Å². The van der Waals surface area contributed by atoms with Crippen LogP contribution in [-0.4, -0.2) is 9.13 Å². The van der Waals surface area contributed by atoms with Gasteiger partial charge in [-0.05, 0) is 82.4 Å². The number of aromatic nitrogens is 2. The molecule has 0 saturated carbocycles. The molecule has 3 heteroatoms. The second-order valence-corrected chi connectivity index (χ2v) is 13.2. The van der Waals surface area contributed by atoms with Crippen molar-refractivity contribution in [3.05, 3.63) is 194 Å². The van der Waals surface area contributed by atoms with Crippen molar-refractivity contribution in [3.63, 3.8) is 0 Å². The number of nitrogens with zero attached hydrogens (tertiary/aromatic N) is 3. The average Bonchev–Trinajstić information content (AvgIpc) is 3.74. The molecule has 10 rings (SSSR count). The van der Waals surface area contributed by atoms with Gasteiger partial charge in [0, 0.05) is 38.5 Å². The molecule has 242 valence electrons. The van der Waals surface area contributed by atoms with Crippen molar-refractivity contribution in [2.45, 2.75) is 0 Å². The largest absolute Gasteiger partial charge is 0.309 e. The molecule has 0 amide bonds. The van der Waals surface area contributed by atoms with Crippen molar-refractivity contribution in [1.82, 2.24) is 9.13 Å². The maximum Gasteiger partial charge on any atom is 0.0992 e. The highest BCUT2D eigenvalue weighted by molar-refractivity contribution is 6.15. The lowest BCUT2D eigenvalue weighted by Gasteiger charge is -2.17. The molecular weight excluding hydrogens is 631 g/mol. The van der Waals surface area contributed by atoms with Gasteiger partial charge in [0.2, 0.25) is 0 Å². The fraction of sp³-hybridized carbons (Fsp3) is 0. The Morgan fingerprint density at radius 3 is 1.62 bits per heavy atom. The van der Waals surface area contributed by atoms with E-state index in [-0.39, 0.29) is 0 Å². The van der Waals surface area contributed by atoms with Crippen molar-refractivity contribution in [3.8, 4) is 50.8 Å². The molecule has 0 aliphatic carbocycles. The minimum atomic E-state index is 0.646. The molecule has 0 bridgehead atoms. The van der Waals surface area contributed by atoms with Crippen LogP contribution in [0.1, 0.15) is 5.56 Å². The van der Waals surface area contributed by atoms with E-state index in [0.29, 0.717) is 5.56 Å². The zero-order chi connectivity index (χ0) is 34.6. The summed E-state index contributed by atoms with van der Waals surface area (Å²) >= 11 is 0. The van der Waals surface area contributed by atoms with Crippen LogP contribution in [0.5, 0.6) is 0 Å². The molecule has 0 saturated heterocycles. The summed E-state index contributed by atoms with van der Waals surface area (Å²) in [5.74, 6) is 0. The number of nitriles is 1. The average molecular weight is 662 g/mol. The summed E-state index contributed by atoms with van der Waals surface area (Å²) in [6.45, 7) is 0. The molecule has 0 aliphatic heterocycles. The Labute approximate surface area is 301 Å². The summed E-state index contributed by atoms with van der Waals surface area (Å²) < 4.78 is 4.68. The Balaban J connectivity index is 1.19. The van der Waals surface area contributed by atoms with E-state index >= 15 is 0 Å². The van der Waals surface area contributed by atoms with Crippen molar-refractivity contribution >= 4 is 43.6 Å². The van der Waals surface area contributed by atoms with E-state index in [2.05, 4.69) is 185 Å². The highest BCUT2D eigenvalue weighted by Crippen LogP contribution is 2.44. The number of hydrogen-bond acceptors (Lipinski definition) is 1. The molecule has 0 N–H and O–H groups in total. The van der Waals surface area contributed by atoms with Gasteiger partial charge >= 0.3 is 0 Å². The standard InChI is InChI=1S/C49H31N3/c50-32-33-14-12-17-36(30-33)51-46-26-10-9-23-42(46)45-31-34(28-29-48(45)51)37-18-4-5-19-38(37)39-20-6-7-21-40(39)43-24-13-25-44-41-22-8-11-27-47(41)52(49(43)44)35-15-2-1-3-16-35/h1-31H. The smallest absolute Gasteiger partial charge is 0.0992 e. The first-order valence-corrected chi connectivity index (χ1v) is 17.6. The number of hydrogen-bond donors (Lipinski definition) is 0. The molecule has 0 atom stereocenters. The topological polar surface area (TPSA) is 33.6 Å². The molecule has 8 aromatic carbocycles. The maximum atomic E-state index is 9.65. The monoisotopic (exact) mass is 661 g/mol. The summed E-state index contributed by atoms with van der Waals surface area (Å²) in [5.41, 5.74) is 14.5. The zero-order valence-corrected chi connectivity index (χ0v) is 28.2. The summed E-state index contributed by atoms with van der Waals surface area (Å²) in [6.07, 6.45) is 0. The molecule has 0 fully saturated rings. The molecule has 0 spiro atoms. The molecule has 2 heterocycles. The van der Waals surface area contributed by atoms with Crippen LogP contribution in [0.25, 0.3) is 88.4 Å². The van der Waals surface area contributed by atoms with Gasteiger partial charge in [0.1, 0.15) is 0 Å². The Bertz CT molecular complexity index is 3030. The Kier molecular flexibility index (Phi) is 6.87. The van der Waals surface area contributed by atoms with E-state index in [1.165, 1.54) is 60.4 Å². The van der Waals surface area contributed by atoms with Crippen molar-refractivity contribution in [2.75, 3.05) is 0 Å². The normalized spacial score (nSPS) is 11.4. The van der Waals surface area contributed by atoms with Crippen LogP contribution in [0.15, 0.2) is 188 Å². The van der Waals surface area contributed by atoms with Gasteiger partial charge in [-0.1, -0.05) is 133 Å². The van der Waals surface area contributed by atoms with Crippen LogP contribution in [0, 0.1) is 11.3 Å². The molecular formula is C49H31N3. The third kappa shape index (κ3) is 4.59. The van der Waals surface area contributed by atoms with E-state index in [1.54, 1.807) is 0 Å². The Morgan fingerprint density at radius 1 is 0.346 bits per heavy atom. The number of rotatable bonds is 5. The highest BCUT2D eigenvalue weighted by Gasteiger charge is 2.20. The van der Waals surface area contributed by atoms with Crippen LogP contribution in [-0.2, 0) is 0 Å². The van der Waals surface area contributed by atoms with Crippen LogP contribution in [0.4, 0.5) is 0 Å². The summed E-state index contributed by atoms with van der Waals surface area (Å²) in [7, 11) is 0. The Hall–Kier alpha value is -7.15. The van der Waals surface area contributed by atoms with Crippen LogP contribution >= 0.6 is 0 Å². The first-order chi connectivity index (χ1) is 25.8. The second kappa shape index (κ2) is 12.0. The Morgan fingerprint density at radius 2 is 0.865 bits per heavy atom. The van der Waals surface area contributed by atoms with E-state index in [0.717, 1.165) is 28.0 Å². The molecule has 2 aromatic heterocycles. The van der Waals surface area contributed by atoms with Gasteiger partial charge in [0.05, 0.1) is 33.7 Å². The molecule has 0 aliphatic rings. The van der Waals surface area contributed by atoms with Gasteiger partial charge in [-0.3, -0.25) is 0 Å². The first-order valence-electron chi connectivity index (χ1n) is 17.6. The molecule has 0 unspecified atom stereocenters. The summed E-state index contributed by atoms with van der Waals surface area (Å²) in [4.78, 5) is 0. The molecule has 52 heavy (non-hydrogen) atoms. The van der Waals surface area contributed by atoms with Gasteiger partial charge in [-0.25, -0.2) is 0 Å². The number of fused-ring (bicyclic) bond motifs is 6. The maximum absolute atomic E-state index is 9.65. The predicted octanol–water partition coefficient (Wildman–Crippen LogP) is 12.8. The van der Waals surface area contributed by atoms with E-state index in [9.17, 15) is 5.26 Å². The fourth-order valence-corrected chi connectivity index (χ4v) is 8.14. The van der Waals surface area contributed by atoms with Gasteiger partial charge in [0.15, 0.2) is 0 Å². The number of para-hydroxylation sites is 4. The lowest BCUT2D eigenvalue weighted by atomic mass is 9.88. The van der Waals surface area contributed by atoms with Crippen LogP contribution in [0.3, 0.4) is 0 Å². The SMILES string of the molecule is N#Cc1cccc(-n2c3ccccc3c3cc(-c4ccccc4-c4ccccc4-c4cccc5c6ccccc6n(-c6ccccc6)c45)ccc32)c1. The minimum absolute atomic E-state index is 0.646. The second-order valence-electron chi connectivity index (χ2n) is 13.2. The lowest BCUT2D eigenvalue weighted by molar-refractivity contribution is 1.18. The predicted molar refractivity (Wildman–Crippen MR) is 216 cm³/mol. The molecule has 3 nitrogen and oxygen atoms in total. The minimum Gasteiger partial charge on any atom is -0.309 e. The van der Waals surface area contributed by atoms with Crippen molar-refractivity contribution < 1.29 is 0 Å². The fourth-order valence-electron chi connectivity index (χ4n) is 8.14. The molecule has 10 aromatic rings. The first kappa shape index (κ1) is 29.7. The number of benzene rings is 8. The summed E-state index contributed by atoms with van der Waals surface area (Å²) in [6, 6.07) is 69.2. The zero-order valence-electron chi connectivity index (χ0n) is 28.2. The van der Waals surface area contributed by atoms with Gasteiger partial charge in [-0.15, -0.1) is 0 Å². The van der Waals surface area contributed by atoms with Gasteiger partial charge in [0.25, 0.3) is 0 Å². The molecule has 0 radical (unpaired) electrons. The highest BCUT2D eigenvalue weighted by atomic mass is 15.0. The van der Waals surface area contributed by atoms with Gasteiger partial charge < -0.3 is 9.13 Å². The third-order valence-electron chi connectivity index (χ3n) is 10.4. The van der Waals surface area contributed by atoms with Gasteiger partial charge in [-0.2, -0.15) is 5.26 Å².